The lowest BCUT2D eigenvalue weighted by atomic mass is 9.68. The van der Waals surface area contributed by atoms with E-state index < -0.39 is 11.5 Å². The van der Waals surface area contributed by atoms with Crippen molar-refractivity contribution in [3.05, 3.63) is 0 Å². The van der Waals surface area contributed by atoms with Crippen molar-refractivity contribution in [2.45, 2.75) is 71.9 Å². The zero-order valence-corrected chi connectivity index (χ0v) is 13.7. The van der Waals surface area contributed by atoms with Crippen molar-refractivity contribution < 1.29 is 14.7 Å². The van der Waals surface area contributed by atoms with Crippen LogP contribution in [-0.2, 0) is 4.79 Å². The molecule has 2 aliphatic carbocycles. The van der Waals surface area contributed by atoms with Crippen LogP contribution in [-0.4, -0.2) is 28.7 Å². The Labute approximate surface area is 126 Å². The largest absolute Gasteiger partial charge is 0.480 e. The third-order valence-electron chi connectivity index (χ3n) is 6.11. The zero-order valence-electron chi connectivity index (χ0n) is 13.7. The van der Waals surface area contributed by atoms with E-state index in [1.165, 1.54) is 6.42 Å². The number of rotatable bonds is 4. The first-order chi connectivity index (χ1) is 9.55. The van der Waals surface area contributed by atoms with E-state index in [1.54, 1.807) is 13.8 Å². The number of carboxylic acid groups (broad SMARTS) is 1. The minimum atomic E-state index is -1.22. The second-order valence-corrected chi connectivity index (χ2v) is 7.94. The van der Waals surface area contributed by atoms with Crippen LogP contribution >= 0.6 is 0 Å². The van der Waals surface area contributed by atoms with Gasteiger partial charge in [-0.15, -0.1) is 0 Å². The molecule has 0 aromatic heterocycles. The molecule has 0 radical (unpaired) electrons. The van der Waals surface area contributed by atoms with Gasteiger partial charge in [-0.25, -0.2) is 9.59 Å². The Morgan fingerprint density at radius 2 is 1.95 bits per heavy atom. The van der Waals surface area contributed by atoms with E-state index >= 15 is 0 Å². The van der Waals surface area contributed by atoms with Crippen molar-refractivity contribution in [3.63, 3.8) is 0 Å². The van der Waals surface area contributed by atoms with Gasteiger partial charge in [-0.1, -0.05) is 27.7 Å². The first kappa shape index (κ1) is 16.1. The molecule has 4 atom stereocenters. The normalized spacial score (nSPS) is 36.0. The van der Waals surface area contributed by atoms with Gasteiger partial charge in [0.15, 0.2) is 0 Å². The summed E-state index contributed by atoms with van der Waals surface area (Å²) in [6.45, 7) is 9.97. The molecule has 4 unspecified atom stereocenters. The Morgan fingerprint density at radius 3 is 2.38 bits per heavy atom. The molecule has 0 saturated heterocycles. The lowest BCUT2D eigenvalue weighted by molar-refractivity contribution is -0.143. The zero-order chi connectivity index (χ0) is 16.1. The molecule has 0 aliphatic heterocycles. The fourth-order valence-electron chi connectivity index (χ4n) is 4.37. The first-order valence-electron chi connectivity index (χ1n) is 7.87. The molecule has 0 aromatic carbocycles. The summed E-state index contributed by atoms with van der Waals surface area (Å²) < 4.78 is 0. The maximum absolute atomic E-state index is 12.3. The molecule has 2 amide bonds. The third kappa shape index (κ3) is 2.51. The first-order valence-corrected chi connectivity index (χ1v) is 7.87. The van der Waals surface area contributed by atoms with E-state index in [9.17, 15) is 14.7 Å². The third-order valence-corrected chi connectivity index (χ3v) is 6.11. The second-order valence-electron chi connectivity index (χ2n) is 7.94. The van der Waals surface area contributed by atoms with Crippen molar-refractivity contribution in [3.8, 4) is 0 Å². The molecular weight excluding hydrogens is 268 g/mol. The van der Waals surface area contributed by atoms with E-state index in [-0.39, 0.29) is 22.9 Å². The molecule has 2 fully saturated rings. The van der Waals surface area contributed by atoms with Crippen LogP contribution in [0.25, 0.3) is 0 Å². The van der Waals surface area contributed by atoms with E-state index in [4.69, 9.17) is 0 Å². The van der Waals surface area contributed by atoms with E-state index in [0.717, 1.165) is 12.8 Å². The van der Waals surface area contributed by atoms with Crippen LogP contribution in [0, 0.1) is 16.7 Å². The fourth-order valence-corrected chi connectivity index (χ4v) is 4.37. The number of carbonyl (C=O) groups is 2. The van der Waals surface area contributed by atoms with E-state index in [2.05, 4.69) is 31.4 Å². The minimum absolute atomic E-state index is 0.0657. The summed E-state index contributed by atoms with van der Waals surface area (Å²) in [6, 6.07) is -0.271. The Bertz CT molecular complexity index is 458. The van der Waals surface area contributed by atoms with Gasteiger partial charge in [-0.3, -0.25) is 0 Å². The average molecular weight is 296 g/mol. The standard InChI is InChI=1S/C16H28N2O3/c1-6-16(5,12(19)20)18-13(21)17-11-14(2,3)10-7-8-15(11,4)9-10/h10-11H,6-9H2,1-5H3,(H,19,20)(H2,17,18,21). The van der Waals surface area contributed by atoms with Gasteiger partial charge in [0.1, 0.15) is 5.54 Å². The van der Waals surface area contributed by atoms with E-state index in [1.807, 2.05) is 0 Å². The number of aliphatic carboxylic acids is 1. The summed E-state index contributed by atoms with van der Waals surface area (Å²) in [5, 5.41) is 15.0. The summed E-state index contributed by atoms with van der Waals surface area (Å²) in [4.78, 5) is 23.6. The van der Waals surface area contributed by atoms with Gasteiger partial charge in [-0.2, -0.15) is 0 Å². The maximum Gasteiger partial charge on any atom is 0.329 e. The van der Waals surface area contributed by atoms with Gasteiger partial charge in [0.05, 0.1) is 0 Å². The summed E-state index contributed by atoms with van der Waals surface area (Å²) in [7, 11) is 0. The fraction of sp³-hybridized carbons (Fsp3) is 0.875. The number of nitrogens with one attached hydrogen (secondary N) is 2. The molecule has 2 saturated carbocycles. The molecule has 120 valence electrons. The van der Waals surface area contributed by atoms with Gasteiger partial charge in [0.2, 0.25) is 0 Å². The van der Waals surface area contributed by atoms with Crippen LogP contribution in [0.3, 0.4) is 0 Å². The van der Waals surface area contributed by atoms with E-state index in [0.29, 0.717) is 12.3 Å². The average Bonchev–Trinajstić information content (AvgIpc) is 2.85. The van der Waals surface area contributed by atoms with Gasteiger partial charge in [0.25, 0.3) is 0 Å². The highest BCUT2D eigenvalue weighted by Gasteiger charge is 2.59. The lowest BCUT2D eigenvalue weighted by Gasteiger charge is -2.43. The van der Waals surface area contributed by atoms with Crippen molar-refractivity contribution in [1.82, 2.24) is 10.6 Å². The lowest BCUT2D eigenvalue weighted by Crippen LogP contribution is -2.60. The molecule has 0 spiro atoms. The van der Waals surface area contributed by atoms with Crippen molar-refractivity contribution >= 4 is 12.0 Å². The molecule has 2 rings (SSSR count). The molecule has 21 heavy (non-hydrogen) atoms. The molecule has 5 heteroatoms. The number of carboxylic acids is 1. The van der Waals surface area contributed by atoms with Crippen LogP contribution in [0.4, 0.5) is 4.79 Å². The van der Waals surface area contributed by atoms with Gasteiger partial charge >= 0.3 is 12.0 Å². The summed E-state index contributed by atoms with van der Waals surface area (Å²) >= 11 is 0. The number of fused-ring (bicyclic) bond motifs is 2. The smallest absolute Gasteiger partial charge is 0.329 e. The Hall–Kier alpha value is -1.26. The van der Waals surface area contributed by atoms with Gasteiger partial charge in [-0.05, 0) is 49.4 Å². The van der Waals surface area contributed by atoms with Crippen molar-refractivity contribution in [2.75, 3.05) is 0 Å². The monoisotopic (exact) mass is 296 g/mol. The Kier molecular flexibility index (Phi) is 3.75. The predicted molar refractivity (Wildman–Crippen MR) is 81.0 cm³/mol. The minimum Gasteiger partial charge on any atom is -0.480 e. The van der Waals surface area contributed by atoms with Crippen molar-refractivity contribution in [2.24, 2.45) is 16.7 Å². The topological polar surface area (TPSA) is 78.4 Å². The maximum atomic E-state index is 12.3. The molecule has 0 aromatic rings. The predicted octanol–water partition coefficient (Wildman–Crippen LogP) is 2.75. The van der Waals surface area contributed by atoms with Crippen LogP contribution in [0.5, 0.6) is 0 Å². The molecule has 3 N–H and O–H groups in total. The number of amides is 2. The number of urea groups is 1. The molecule has 0 heterocycles. The van der Waals surface area contributed by atoms with Gasteiger partial charge < -0.3 is 15.7 Å². The highest BCUT2D eigenvalue weighted by Crippen LogP contribution is 2.62. The highest BCUT2D eigenvalue weighted by molar-refractivity contribution is 5.86. The van der Waals surface area contributed by atoms with Crippen LogP contribution in [0.1, 0.15) is 60.3 Å². The SMILES string of the molecule is CCC(C)(NC(=O)NC1C2(C)CCC(C2)C1(C)C)C(=O)O. The Balaban J connectivity index is 2.08. The van der Waals surface area contributed by atoms with Crippen LogP contribution in [0.15, 0.2) is 0 Å². The molecule has 2 aliphatic rings. The van der Waals surface area contributed by atoms with Crippen LogP contribution < -0.4 is 10.6 Å². The summed E-state index contributed by atoms with van der Waals surface area (Å²) in [5.41, 5.74) is -1.01. The summed E-state index contributed by atoms with van der Waals surface area (Å²) in [5.74, 6) is -0.358. The molecule has 2 bridgehead atoms. The van der Waals surface area contributed by atoms with Crippen molar-refractivity contribution in [1.29, 1.82) is 0 Å². The van der Waals surface area contributed by atoms with Crippen LogP contribution in [0.2, 0.25) is 0 Å². The molecular formula is C16H28N2O3. The molecule has 5 nitrogen and oxygen atoms in total. The van der Waals surface area contributed by atoms with Gasteiger partial charge in [0, 0.05) is 6.04 Å². The quantitative estimate of drug-likeness (QED) is 0.746. The number of hydrogen-bond donors (Lipinski definition) is 3. The summed E-state index contributed by atoms with van der Waals surface area (Å²) in [6.07, 6.45) is 3.86. The second kappa shape index (κ2) is 4.89. The Morgan fingerprint density at radius 1 is 1.33 bits per heavy atom. The highest BCUT2D eigenvalue weighted by atomic mass is 16.4. The number of hydrogen-bond acceptors (Lipinski definition) is 2. The number of carbonyl (C=O) groups excluding carboxylic acids is 1.